The highest BCUT2D eigenvalue weighted by Crippen LogP contribution is 2.31. The number of carbonyl (C=O) groups is 1. The molecule has 0 aliphatic carbocycles. The molecular weight excluding hydrogens is 613 g/mol. The highest BCUT2D eigenvalue weighted by molar-refractivity contribution is 8.15. The van der Waals surface area contributed by atoms with Crippen LogP contribution in [0.1, 0.15) is 18.1 Å². The normalized spacial score (nSPS) is 15.0. The predicted octanol–water partition coefficient (Wildman–Crippen LogP) is 6.09. The fourth-order valence-electron chi connectivity index (χ4n) is 4.53. The van der Waals surface area contributed by atoms with E-state index < -0.39 is 6.36 Å². The highest BCUT2D eigenvalue weighted by atomic mass is 32.2. The van der Waals surface area contributed by atoms with E-state index in [2.05, 4.69) is 25.1 Å². The van der Waals surface area contributed by atoms with E-state index in [4.69, 9.17) is 17.0 Å². The molecule has 1 saturated heterocycles. The first-order valence-electron chi connectivity index (χ1n) is 13.4. The van der Waals surface area contributed by atoms with Crippen molar-refractivity contribution >= 4 is 45.9 Å². The van der Waals surface area contributed by atoms with Gasteiger partial charge in [-0.15, -0.1) is 18.3 Å². The number of alkyl halides is 3. The van der Waals surface area contributed by atoms with Crippen molar-refractivity contribution < 1.29 is 27.4 Å². The van der Waals surface area contributed by atoms with Crippen molar-refractivity contribution in [2.75, 3.05) is 17.8 Å². The number of nitrogens with zero attached hydrogens (tertiary/aromatic N) is 5. The van der Waals surface area contributed by atoms with E-state index in [0.717, 1.165) is 22.4 Å². The SMILES string of the molecule is COc1ccc(N2C(=O)CSC2=NC(=S)NC(C)Cc2ccc(-c3ncn(-c4ccc(OC(F)(F)F)cc4)n3)cc2)c(C)c1. The second-order valence-corrected chi connectivity index (χ2v) is 11.2. The number of anilines is 1. The summed E-state index contributed by atoms with van der Waals surface area (Å²) in [5.41, 5.74) is 3.99. The Hall–Kier alpha value is -4.43. The molecule has 44 heavy (non-hydrogen) atoms. The Morgan fingerprint density at radius 2 is 1.82 bits per heavy atom. The number of amidine groups is 1. The van der Waals surface area contributed by atoms with Gasteiger partial charge in [-0.25, -0.2) is 9.67 Å². The largest absolute Gasteiger partial charge is 0.573 e. The molecule has 1 fully saturated rings. The number of rotatable bonds is 8. The molecule has 1 atom stereocenters. The smallest absolute Gasteiger partial charge is 0.497 e. The van der Waals surface area contributed by atoms with Gasteiger partial charge in [0.25, 0.3) is 0 Å². The van der Waals surface area contributed by atoms with Crippen LogP contribution >= 0.6 is 24.0 Å². The van der Waals surface area contributed by atoms with Crippen molar-refractivity contribution in [2.24, 2.45) is 4.99 Å². The summed E-state index contributed by atoms with van der Waals surface area (Å²) in [5.74, 6) is 1.08. The summed E-state index contributed by atoms with van der Waals surface area (Å²) in [4.78, 5) is 23.1. The number of halogens is 3. The van der Waals surface area contributed by atoms with Crippen LogP contribution in [0.25, 0.3) is 17.1 Å². The third kappa shape index (κ3) is 7.55. The minimum Gasteiger partial charge on any atom is -0.497 e. The molecule has 1 aliphatic heterocycles. The van der Waals surface area contributed by atoms with Crippen LogP contribution < -0.4 is 19.7 Å². The second-order valence-electron chi connectivity index (χ2n) is 9.87. The average Bonchev–Trinajstić information content (AvgIpc) is 3.60. The number of carbonyl (C=O) groups excluding carboxylic acids is 1. The van der Waals surface area contributed by atoms with Crippen LogP contribution in [-0.2, 0) is 11.2 Å². The molecule has 1 N–H and O–H groups in total. The van der Waals surface area contributed by atoms with Gasteiger partial charge in [0.05, 0.1) is 24.2 Å². The van der Waals surface area contributed by atoms with E-state index in [1.165, 1.54) is 47.0 Å². The number of nitrogens with one attached hydrogen (secondary N) is 1. The minimum absolute atomic E-state index is 0.0439. The Morgan fingerprint density at radius 1 is 1.11 bits per heavy atom. The van der Waals surface area contributed by atoms with Crippen molar-refractivity contribution in [1.29, 1.82) is 0 Å². The van der Waals surface area contributed by atoms with Gasteiger partial charge in [-0.05, 0) is 86.1 Å². The Labute approximate surface area is 261 Å². The molecule has 14 heteroatoms. The predicted molar refractivity (Wildman–Crippen MR) is 167 cm³/mol. The first-order chi connectivity index (χ1) is 21.0. The van der Waals surface area contributed by atoms with Gasteiger partial charge in [0, 0.05) is 11.6 Å². The maximum absolute atomic E-state index is 12.7. The van der Waals surface area contributed by atoms with Crippen molar-refractivity contribution in [3.05, 3.63) is 84.2 Å². The molecule has 228 valence electrons. The zero-order valence-electron chi connectivity index (χ0n) is 23.8. The molecule has 3 aromatic carbocycles. The van der Waals surface area contributed by atoms with Gasteiger partial charge in [-0.2, -0.15) is 4.99 Å². The number of aliphatic imine (C=N–C) groups is 1. The van der Waals surface area contributed by atoms with Crippen LogP contribution in [0, 0.1) is 6.92 Å². The maximum Gasteiger partial charge on any atom is 0.573 e. The van der Waals surface area contributed by atoms with E-state index >= 15 is 0 Å². The standard InChI is InChI=1S/C30H27F3N6O3S2/c1-18-14-24(41-3)12-13-25(18)39-26(40)16-44-29(39)36-28(43)35-19(2)15-20-4-6-21(7-5-20)27-34-17-38(37-27)22-8-10-23(11-9-22)42-30(31,32)33/h4-14,17,19H,15-16H2,1-3H3,(H,35,43). The number of amides is 1. The summed E-state index contributed by atoms with van der Waals surface area (Å²) in [7, 11) is 1.60. The third-order valence-electron chi connectivity index (χ3n) is 6.56. The van der Waals surface area contributed by atoms with Gasteiger partial charge >= 0.3 is 6.36 Å². The van der Waals surface area contributed by atoms with Gasteiger partial charge in [-0.1, -0.05) is 36.0 Å². The molecule has 1 amide bonds. The summed E-state index contributed by atoms with van der Waals surface area (Å²) in [5, 5.41) is 8.49. The molecule has 1 aliphatic rings. The number of benzene rings is 3. The molecule has 0 saturated carbocycles. The number of methoxy groups -OCH3 is 1. The lowest BCUT2D eigenvalue weighted by atomic mass is 10.1. The quantitative estimate of drug-likeness (QED) is 0.231. The summed E-state index contributed by atoms with van der Waals surface area (Å²) in [6.45, 7) is 3.91. The lowest BCUT2D eigenvalue weighted by molar-refractivity contribution is -0.274. The molecule has 5 rings (SSSR count). The number of aromatic nitrogens is 3. The molecule has 0 bridgehead atoms. The number of thioether (sulfide) groups is 1. The van der Waals surface area contributed by atoms with Crippen molar-refractivity contribution in [3.63, 3.8) is 0 Å². The van der Waals surface area contributed by atoms with Gasteiger partial charge in [0.2, 0.25) is 5.91 Å². The Balaban J connectivity index is 1.19. The van der Waals surface area contributed by atoms with Gasteiger partial charge in [0.15, 0.2) is 16.1 Å². The molecule has 2 heterocycles. The van der Waals surface area contributed by atoms with Crippen LogP contribution in [0.15, 0.2) is 78.0 Å². The Bertz CT molecular complexity index is 1690. The van der Waals surface area contributed by atoms with Crippen LogP contribution in [0.3, 0.4) is 0 Å². The molecule has 1 unspecified atom stereocenters. The summed E-state index contributed by atoms with van der Waals surface area (Å²) >= 11 is 6.85. The van der Waals surface area contributed by atoms with Gasteiger partial charge in [-0.3, -0.25) is 9.69 Å². The van der Waals surface area contributed by atoms with E-state index in [-0.39, 0.29) is 28.6 Å². The Kier molecular flexibility index (Phi) is 9.20. The number of hydrogen-bond acceptors (Lipinski definition) is 7. The van der Waals surface area contributed by atoms with Crippen LogP contribution in [0.5, 0.6) is 11.5 Å². The fraction of sp³-hybridized carbons (Fsp3) is 0.233. The molecule has 0 spiro atoms. The van der Waals surface area contributed by atoms with E-state index in [1.54, 1.807) is 18.1 Å². The molecule has 9 nitrogen and oxygen atoms in total. The highest BCUT2D eigenvalue weighted by Gasteiger charge is 2.32. The lowest BCUT2D eigenvalue weighted by Gasteiger charge is -2.20. The topological polar surface area (TPSA) is 93.9 Å². The molecule has 1 aromatic heterocycles. The zero-order valence-corrected chi connectivity index (χ0v) is 25.5. The van der Waals surface area contributed by atoms with Gasteiger partial charge < -0.3 is 14.8 Å². The Morgan fingerprint density at radius 3 is 2.48 bits per heavy atom. The van der Waals surface area contributed by atoms with E-state index in [9.17, 15) is 18.0 Å². The number of thiocarbonyl (C=S) groups is 1. The zero-order chi connectivity index (χ0) is 31.4. The summed E-state index contributed by atoms with van der Waals surface area (Å²) in [6.07, 6.45) is -2.60. The lowest BCUT2D eigenvalue weighted by Crippen LogP contribution is -2.35. The number of ether oxygens (including phenoxy) is 2. The average molecular weight is 641 g/mol. The van der Waals surface area contributed by atoms with Crippen molar-refractivity contribution in [3.8, 4) is 28.6 Å². The minimum atomic E-state index is -4.75. The van der Waals surface area contributed by atoms with Crippen LogP contribution in [0.4, 0.5) is 18.9 Å². The summed E-state index contributed by atoms with van der Waals surface area (Å²) in [6, 6.07) is 18.6. The fourth-order valence-corrected chi connectivity index (χ4v) is 5.74. The number of hydrogen-bond donors (Lipinski definition) is 1. The first-order valence-corrected chi connectivity index (χ1v) is 14.7. The second kappa shape index (κ2) is 13.1. The first kappa shape index (κ1) is 31.0. The molecular formula is C30H27F3N6O3S2. The monoisotopic (exact) mass is 640 g/mol. The van der Waals surface area contributed by atoms with Crippen LogP contribution in [-0.4, -0.2) is 56.2 Å². The molecule has 4 aromatic rings. The third-order valence-corrected chi connectivity index (χ3v) is 7.69. The van der Waals surface area contributed by atoms with Crippen molar-refractivity contribution in [2.45, 2.75) is 32.7 Å². The van der Waals surface area contributed by atoms with E-state index in [1.807, 2.05) is 50.2 Å². The maximum atomic E-state index is 12.7. The van der Waals surface area contributed by atoms with Gasteiger partial charge in [0.1, 0.15) is 17.8 Å². The summed E-state index contributed by atoms with van der Waals surface area (Å²) < 4.78 is 47.9. The number of aryl methyl sites for hydroxylation is 1. The van der Waals surface area contributed by atoms with E-state index in [0.29, 0.717) is 28.8 Å². The molecule has 0 radical (unpaired) electrons. The van der Waals surface area contributed by atoms with Crippen molar-refractivity contribution in [1.82, 2.24) is 20.1 Å². The van der Waals surface area contributed by atoms with Crippen LogP contribution in [0.2, 0.25) is 0 Å².